The van der Waals surface area contributed by atoms with E-state index in [2.05, 4.69) is 0 Å². The van der Waals surface area contributed by atoms with Crippen LogP contribution in [0.25, 0.3) is 0 Å². The van der Waals surface area contributed by atoms with Gasteiger partial charge in [-0.15, -0.1) is 0 Å². The molecule has 1 heterocycles. The smallest absolute Gasteiger partial charge is 0.351 e. The molecule has 1 aromatic carbocycles. The van der Waals surface area contributed by atoms with E-state index < -0.39 is 0 Å². The third-order valence-electron chi connectivity index (χ3n) is 3.31. The predicted octanol–water partition coefficient (Wildman–Crippen LogP) is -0.984. The van der Waals surface area contributed by atoms with Crippen LogP contribution in [0.2, 0.25) is 10.0 Å². The van der Waals surface area contributed by atoms with Gasteiger partial charge in [0.05, 0.1) is 18.2 Å². The van der Waals surface area contributed by atoms with Crippen molar-refractivity contribution in [2.24, 2.45) is 5.73 Å². The molecular formula is C14H18BrCl2N3O2. The van der Waals surface area contributed by atoms with Crippen molar-refractivity contribution in [1.82, 2.24) is 0 Å². The Morgan fingerprint density at radius 1 is 1.45 bits per heavy atom. The second-order valence-corrected chi connectivity index (χ2v) is 5.63. The number of carbonyl (C=O) groups excluding carboxylic acids is 1. The molecule has 22 heavy (non-hydrogen) atoms. The van der Waals surface area contributed by atoms with Crippen LogP contribution in [-0.4, -0.2) is 42.7 Å². The van der Waals surface area contributed by atoms with E-state index in [0.717, 1.165) is 11.3 Å². The Morgan fingerprint density at radius 2 is 2.14 bits per heavy atom. The minimum absolute atomic E-state index is 0. The fourth-order valence-electron chi connectivity index (χ4n) is 2.41. The van der Waals surface area contributed by atoms with E-state index in [4.69, 9.17) is 33.7 Å². The second-order valence-electron chi connectivity index (χ2n) is 4.79. The molecule has 122 valence electrons. The van der Waals surface area contributed by atoms with Crippen molar-refractivity contribution in [3.63, 3.8) is 0 Å². The first-order valence-corrected chi connectivity index (χ1v) is 7.45. The van der Waals surface area contributed by atoms with Crippen molar-refractivity contribution >= 4 is 40.8 Å². The maximum absolute atomic E-state index is 11.6. The lowest BCUT2D eigenvalue weighted by Gasteiger charge is -2.15. The topological polar surface area (TPSA) is 58.6 Å². The number of halogens is 3. The summed E-state index contributed by atoms with van der Waals surface area (Å²) >= 11 is 12.3. The summed E-state index contributed by atoms with van der Waals surface area (Å²) < 4.78 is 6.72. The van der Waals surface area contributed by atoms with Crippen molar-refractivity contribution in [1.29, 1.82) is 0 Å². The molecule has 1 aromatic rings. The zero-order valence-electron chi connectivity index (χ0n) is 12.4. The van der Waals surface area contributed by atoms with E-state index in [1.807, 2.05) is 17.9 Å². The highest BCUT2D eigenvalue weighted by Crippen LogP contribution is 2.33. The quantitative estimate of drug-likeness (QED) is 0.511. The summed E-state index contributed by atoms with van der Waals surface area (Å²) in [7, 11) is 0. The number of guanidine groups is 1. The van der Waals surface area contributed by atoms with Crippen LogP contribution >= 0.6 is 23.2 Å². The molecule has 0 fully saturated rings. The molecule has 0 radical (unpaired) electrons. The lowest BCUT2D eigenvalue weighted by atomic mass is 10.2. The van der Waals surface area contributed by atoms with E-state index in [0.29, 0.717) is 35.7 Å². The van der Waals surface area contributed by atoms with Gasteiger partial charge in [0.2, 0.25) is 0 Å². The number of benzene rings is 1. The van der Waals surface area contributed by atoms with Gasteiger partial charge in [-0.05, 0) is 31.5 Å². The summed E-state index contributed by atoms with van der Waals surface area (Å²) in [6.07, 6.45) is 0. The first-order chi connectivity index (χ1) is 9.93. The average molecular weight is 411 g/mol. The highest BCUT2D eigenvalue weighted by atomic mass is 79.9. The molecule has 0 aromatic heterocycles. The van der Waals surface area contributed by atoms with E-state index in [9.17, 15) is 4.79 Å². The van der Waals surface area contributed by atoms with Crippen LogP contribution in [0.5, 0.6) is 0 Å². The molecule has 2 rings (SSSR count). The van der Waals surface area contributed by atoms with Gasteiger partial charge in [-0.1, -0.05) is 23.2 Å². The van der Waals surface area contributed by atoms with E-state index >= 15 is 0 Å². The van der Waals surface area contributed by atoms with Crippen LogP contribution in [0, 0.1) is 6.92 Å². The Morgan fingerprint density at radius 3 is 2.73 bits per heavy atom. The normalized spacial score (nSPS) is 14.1. The molecule has 0 atom stereocenters. The third-order valence-corrected chi connectivity index (χ3v) is 3.81. The minimum atomic E-state index is -0.291. The summed E-state index contributed by atoms with van der Waals surface area (Å²) in [6.45, 7) is 5.50. The molecule has 0 unspecified atom stereocenters. The number of esters is 1. The fourth-order valence-corrected chi connectivity index (χ4v) is 3.10. The first-order valence-electron chi connectivity index (χ1n) is 6.70. The van der Waals surface area contributed by atoms with Crippen LogP contribution in [0.15, 0.2) is 12.1 Å². The SMILES string of the molecule is CCOC(=O)C[N+]1=C(N)N(c2c(C)cc(Cl)cc2Cl)CC1.[Br-]. The summed E-state index contributed by atoms with van der Waals surface area (Å²) in [5, 5.41) is 1.13. The summed E-state index contributed by atoms with van der Waals surface area (Å²) in [6, 6.07) is 3.52. The number of nitrogens with two attached hydrogens (primary N) is 1. The largest absolute Gasteiger partial charge is 1.00 e. The molecule has 0 saturated heterocycles. The van der Waals surface area contributed by atoms with E-state index in [1.165, 1.54) is 0 Å². The number of ether oxygens (including phenoxy) is 1. The van der Waals surface area contributed by atoms with Crippen LogP contribution in [0.1, 0.15) is 12.5 Å². The maximum Gasteiger partial charge on any atom is 0.351 e. The predicted molar refractivity (Wildman–Crippen MR) is 84.4 cm³/mol. The average Bonchev–Trinajstić information content (AvgIpc) is 2.71. The minimum Gasteiger partial charge on any atom is -1.00 e. The lowest BCUT2D eigenvalue weighted by Crippen LogP contribution is -3.00. The van der Waals surface area contributed by atoms with Gasteiger partial charge in [0.1, 0.15) is 12.2 Å². The van der Waals surface area contributed by atoms with Crippen LogP contribution in [0.4, 0.5) is 5.69 Å². The summed E-state index contributed by atoms with van der Waals surface area (Å²) in [4.78, 5) is 13.5. The number of aryl methyl sites for hydroxylation is 1. The molecule has 8 heteroatoms. The molecule has 5 nitrogen and oxygen atoms in total. The van der Waals surface area contributed by atoms with Gasteiger partial charge < -0.3 is 21.7 Å². The molecule has 0 aliphatic carbocycles. The Kier molecular flexibility index (Phi) is 6.97. The van der Waals surface area contributed by atoms with Gasteiger partial charge in [0, 0.05) is 5.02 Å². The Labute approximate surface area is 150 Å². The van der Waals surface area contributed by atoms with Gasteiger partial charge in [0.15, 0.2) is 6.54 Å². The van der Waals surface area contributed by atoms with E-state index in [-0.39, 0.29) is 29.5 Å². The standard InChI is InChI=1S/C14H17Cl2N3O2.BrH/c1-3-21-12(20)8-18-4-5-19(14(18)17)13-9(2)6-10(15)7-11(13)16;/h6-7,17H,3-5,8H2,1-2H3;1H. The molecule has 0 spiro atoms. The maximum atomic E-state index is 11.6. The third kappa shape index (κ3) is 4.06. The van der Waals surface area contributed by atoms with Crippen molar-refractivity contribution in [2.75, 3.05) is 31.1 Å². The van der Waals surface area contributed by atoms with Crippen LogP contribution in [-0.2, 0) is 9.53 Å². The molecule has 0 amide bonds. The number of rotatable bonds is 4. The molecule has 1 aliphatic rings. The van der Waals surface area contributed by atoms with Crippen LogP contribution < -0.4 is 27.6 Å². The van der Waals surface area contributed by atoms with Crippen molar-refractivity contribution in [3.8, 4) is 0 Å². The van der Waals surface area contributed by atoms with Gasteiger partial charge in [-0.2, -0.15) is 0 Å². The van der Waals surface area contributed by atoms with Crippen molar-refractivity contribution in [3.05, 3.63) is 27.7 Å². The van der Waals surface area contributed by atoms with Gasteiger partial charge in [-0.25, -0.2) is 9.69 Å². The molecule has 0 bridgehead atoms. The Balaban J connectivity index is 0.00000242. The number of hydrogen-bond donors (Lipinski definition) is 1. The Hall–Kier alpha value is -0.980. The first kappa shape index (κ1) is 19.1. The molecular weight excluding hydrogens is 393 g/mol. The summed E-state index contributed by atoms with van der Waals surface area (Å²) in [5.74, 6) is 0.205. The number of nitrogens with zero attached hydrogens (tertiary/aromatic N) is 2. The molecule has 1 aliphatic heterocycles. The van der Waals surface area contributed by atoms with Gasteiger partial charge in [-0.3, -0.25) is 10.3 Å². The van der Waals surface area contributed by atoms with Gasteiger partial charge in [0.25, 0.3) is 0 Å². The zero-order chi connectivity index (χ0) is 15.6. The zero-order valence-corrected chi connectivity index (χ0v) is 15.5. The highest BCUT2D eigenvalue weighted by Gasteiger charge is 2.32. The van der Waals surface area contributed by atoms with Crippen molar-refractivity contribution < 1.29 is 31.1 Å². The highest BCUT2D eigenvalue weighted by molar-refractivity contribution is 6.37. The fraction of sp³-hybridized carbons (Fsp3) is 0.429. The van der Waals surface area contributed by atoms with Gasteiger partial charge >= 0.3 is 11.9 Å². The lowest BCUT2D eigenvalue weighted by molar-refractivity contribution is -0.509. The number of carbonyl (C=O) groups is 1. The molecule has 0 saturated carbocycles. The van der Waals surface area contributed by atoms with Crippen molar-refractivity contribution in [2.45, 2.75) is 13.8 Å². The van der Waals surface area contributed by atoms with Crippen LogP contribution in [0.3, 0.4) is 0 Å². The number of hydrogen-bond acceptors (Lipinski definition) is 4. The second kappa shape index (κ2) is 8.04. The molecule has 2 N–H and O–H groups in total. The summed E-state index contributed by atoms with van der Waals surface area (Å²) in [5.41, 5.74) is 7.91. The van der Waals surface area contributed by atoms with E-state index in [1.54, 1.807) is 17.6 Å². The Bertz CT molecular complexity index is 585. The monoisotopic (exact) mass is 409 g/mol. The number of anilines is 1.